The zero-order valence-electron chi connectivity index (χ0n) is 7.86. The van der Waals surface area contributed by atoms with Crippen molar-refractivity contribution in [1.82, 2.24) is 4.98 Å². The van der Waals surface area contributed by atoms with Gasteiger partial charge in [-0.2, -0.15) is 0 Å². The Labute approximate surface area is 81.7 Å². The summed E-state index contributed by atoms with van der Waals surface area (Å²) in [6.07, 6.45) is 1.67. The summed E-state index contributed by atoms with van der Waals surface area (Å²) in [6, 6.07) is 7.88. The van der Waals surface area contributed by atoms with Crippen LogP contribution in [0.1, 0.15) is 18.6 Å². The molecule has 0 bridgehead atoms. The maximum absolute atomic E-state index is 10.2. The molecule has 0 aliphatic rings. The van der Waals surface area contributed by atoms with E-state index in [1.165, 1.54) is 0 Å². The molecule has 0 fully saturated rings. The van der Waals surface area contributed by atoms with E-state index in [4.69, 9.17) is 4.74 Å². The number of aromatic amines is 1. The highest BCUT2D eigenvalue weighted by molar-refractivity contribution is 5.83. The van der Waals surface area contributed by atoms with Crippen molar-refractivity contribution < 1.29 is 9.53 Å². The van der Waals surface area contributed by atoms with Gasteiger partial charge in [0.15, 0.2) is 0 Å². The summed E-state index contributed by atoms with van der Waals surface area (Å²) in [7, 11) is 0. The molecule has 1 aromatic heterocycles. The SMILES string of the molecule is CC(OC=O)c1cccc2[nH]ccc12. The van der Waals surface area contributed by atoms with Gasteiger partial charge >= 0.3 is 0 Å². The van der Waals surface area contributed by atoms with Crippen LogP contribution in [0.3, 0.4) is 0 Å². The lowest BCUT2D eigenvalue weighted by molar-refractivity contribution is -0.133. The summed E-state index contributed by atoms with van der Waals surface area (Å²) in [5.74, 6) is 0. The molecule has 1 heterocycles. The van der Waals surface area contributed by atoms with Crippen LogP contribution < -0.4 is 0 Å². The van der Waals surface area contributed by atoms with Crippen LogP contribution in [-0.2, 0) is 9.53 Å². The van der Waals surface area contributed by atoms with Crippen LogP contribution >= 0.6 is 0 Å². The Morgan fingerprint density at radius 1 is 1.43 bits per heavy atom. The Kier molecular flexibility index (Phi) is 2.23. The Morgan fingerprint density at radius 2 is 2.29 bits per heavy atom. The molecular weight excluding hydrogens is 178 g/mol. The molecule has 0 spiro atoms. The minimum absolute atomic E-state index is 0.202. The number of ether oxygens (including phenoxy) is 1. The number of carbonyl (C=O) groups excluding carboxylic acids is 1. The van der Waals surface area contributed by atoms with Crippen molar-refractivity contribution in [1.29, 1.82) is 0 Å². The molecule has 14 heavy (non-hydrogen) atoms. The van der Waals surface area contributed by atoms with Gasteiger partial charge in [-0.05, 0) is 19.1 Å². The lowest BCUT2D eigenvalue weighted by Gasteiger charge is -2.10. The molecule has 3 nitrogen and oxygen atoms in total. The van der Waals surface area contributed by atoms with E-state index >= 15 is 0 Å². The van der Waals surface area contributed by atoms with E-state index in [9.17, 15) is 4.79 Å². The van der Waals surface area contributed by atoms with Crippen molar-refractivity contribution in [3.63, 3.8) is 0 Å². The molecule has 1 N–H and O–H groups in total. The molecule has 0 saturated heterocycles. The van der Waals surface area contributed by atoms with E-state index in [1.54, 1.807) is 0 Å². The minimum Gasteiger partial charge on any atom is -0.460 e. The molecule has 3 heteroatoms. The maximum Gasteiger partial charge on any atom is 0.293 e. The van der Waals surface area contributed by atoms with Crippen LogP contribution in [0.4, 0.5) is 0 Å². The fourth-order valence-electron chi connectivity index (χ4n) is 1.62. The molecule has 0 saturated carbocycles. The van der Waals surface area contributed by atoms with E-state index in [2.05, 4.69) is 4.98 Å². The summed E-state index contributed by atoms with van der Waals surface area (Å²) < 4.78 is 4.91. The van der Waals surface area contributed by atoms with Gasteiger partial charge in [0, 0.05) is 22.7 Å². The smallest absolute Gasteiger partial charge is 0.293 e. The summed E-state index contributed by atoms with van der Waals surface area (Å²) in [6.45, 7) is 2.34. The van der Waals surface area contributed by atoms with Crippen LogP contribution in [0, 0.1) is 0 Å². The monoisotopic (exact) mass is 189 g/mol. The van der Waals surface area contributed by atoms with Gasteiger partial charge in [-0.25, -0.2) is 0 Å². The van der Waals surface area contributed by atoms with Crippen LogP contribution in [0.2, 0.25) is 0 Å². The van der Waals surface area contributed by atoms with Crippen molar-refractivity contribution in [2.24, 2.45) is 0 Å². The lowest BCUT2D eigenvalue weighted by Crippen LogP contribution is -1.98. The fourth-order valence-corrected chi connectivity index (χ4v) is 1.62. The average molecular weight is 189 g/mol. The number of hydrogen-bond acceptors (Lipinski definition) is 2. The number of rotatable bonds is 3. The second-order valence-electron chi connectivity index (χ2n) is 3.16. The van der Waals surface area contributed by atoms with Crippen molar-refractivity contribution in [3.8, 4) is 0 Å². The average Bonchev–Trinajstić information content (AvgIpc) is 2.65. The van der Waals surface area contributed by atoms with E-state index in [0.29, 0.717) is 6.47 Å². The predicted molar refractivity (Wildman–Crippen MR) is 53.9 cm³/mol. The third-order valence-electron chi connectivity index (χ3n) is 2.33. The number of H-pyrrole nitrogens is 1. The molecule has 2 rings (SSSR count). The van der Waals surface area contributed by atoms with Gasteiger partial charge in [0.25, 0.3) is 6.47 Å². The zero-order valence-corrected chi connectivity index (χ0v) is 7.86. The summed E-state index contributed by atoms with van der Waals surface area (Å²) in [5.41, 5.74) is 2.08. The highest BCUT2D eigenvalue weighted by Gasteiger charge is 2.09. The third-order valence-corrected chi connectivity index (χ3v) is 2.33. The van der Waals surface area contributed by atoms with Gasteiger partial charge < -0.3 is 9.72 Å². The van der Waals surface area contributed by atoms with Gasteiger partial charge in [-0.1, -0.05) is 12.1 Å². The second-order valence-corrected chi connectivity index (χ2v) is 3.16. The number of carbonyl (C=O) groups is 1. The van der Waals surface area contributed by atoms with Gasteiger partial charge in [0.1, 0.15) is 6.10 Å². The Morgan fingerprint density at radius 3 is 3.07 bits per heavy atom. The number of benzene rings is 1. The van der Waals surface area contributed by atoms with Crippen LogP contribution in [0.25, 0.3) is 10.9 Å². The van der Waals surface area contributed by atoms with Crippen LogP contribution in [0.5, 0.6) is 0 Å². The molecule has 2 aromatic rings. The molecule has 0 aliphatic carbocycles. The molecule has 1 atom stereocenters. The van der Waals surface area contributed by atoms with Gasteiger partial charge in [0.05, 0.1) is 0 Å². The number of fused-ring (bicyclic) bond motifs is 1. The molecule has 0 amide bonds. The lowest BCUT2D eigenvalue weighted by atomic mass is 10.1. The van der Waals surface area contributed by atoms with Crippen LogP contribution in [-0.4, -0.2) is 11.5 Å². The summed E-state index contributed by atoms with van der Waals surface area (Å²) in [4.78, 5) is 13.3. The highest BCUT2D eigenvalue weighted by Crippen LogP contribution is 2.24. The first-order valence-corrected chi connectivity index (χ1v) is 4.48. The summed E-state index contributed by atoms with van der Waals surface area (Å²) >= 11 is 0. The largest absolute Gasteiger partial charge is 0.460 e. The van der Waals surface area contributed by atoms with Crippen molar-refractivity contribution in [3.05, 3.63) is 36.0 Å². The first-order chi connectivity index (χ1) is 6.83. The molecule has 0 radical (unpaired) electrons. The third kappa shape index (κ3) is 1.37. The maximum atomic E-state index is 10.2. The molecular formula is C11H11NO2. The van der Waals surface area contributed by atoms with Gasteiger partial charge in [0.2, 0.25) is 0 Å². The molecule has 72 valence electrons. The van der Waals surface area contributed by atoms with Crippen molar-refractivity contribution >= 4 is 17.4 Å². The summed E-state index contributed by atoms with van der Waals surface area (Å²) in [5, 5.41) is 1.10. The normalized spacial score (nSPS) is 12.6. The predicted octanol–water partition coefficient (Wildman–Crippen LogP) is 2.40. The van der Waals surface area contributed by atoms with E-state index in [0.717, 1.165) is 16.5 Å². The standard InChI is InChI=1S/C11H11NO2/c1-8(14-7-13)9-3-2-4-11-10(9)5-6-12-11/h2-8,12H,1H3. The Bertz CT molecular complexity index is 447. The van der Waals surface area contributed by atoms with E-state index in [-0.39, 0.29) is 6.10 Å². The molecule has 1 unspecified atom stereocenters. The zero-order chi connectivity index (χ0) is 9.97. The van der Waals surface area contributed by atoms with E-state index < -0.39 is 0 Å². The Hall–Kier alpha value is -1.77. The van der Waals surface area contributed by atoms with Crippen molar-refractivity contribution in [2.45, 2.75) is 13.0 Å². The second kappa shape index (κ2) is 3.54. The van der Waals surface area contributed by atoms with Crippen LogP contribution in [0.15, 0.2) is 30.5 Å². The first kappa shape index (κ1) is 8.81. The number of nitrogens with one attached hydrogen (secondary N) is 1. The van der Waals surface area contributed by atoms with Gasteiger partial charge in [-0.3, -0.25) is 4.79 Å². The molecule has 1 aromatic carbocycles. The fraction of sp³-hybridized carbons (Fsp3) is 0.182. The number of aromatic nitrogens is 1. The first-order valence-electron chi connectivity index (χ1n) is 4.48. The van der Waals surface area contributed by atoms with Gasteiger partial charge in [-0.15, -0.1) is 0 Å². The topological polar surface area (TPSA) is 42.1 Å². The quantitative estimate of drug-likeness (QED) is 0.753. The van der Waals surface area contributed by atoms with E-state index in [1.807, 2.05) is 37.4 Å². The molecule has 0 aliphatic heterocycles. The number of hydrogen-bond donors (Lipinski definition) is 1. The van der Waals surface area contributed by atoms with Crippen molar-refractivity contribution in [2.75, 3.05) is 0 Å². The highest BCUT2D eigenvalue weighted by atomic mass is 16.5. The minimum atomic E-state index is -0.202. The Balaban J connectivity index is 2.50.